The molecule has 0 atom stereocenters. The topological polar surface area (TPSA) is 45.2 Å². The van der Waals surface area contributed by atoms with Gasteiger partial charge in [-0.15, -0.1) is 0 Å². The number of rotatable bonds is 6. The first-order valence-electron chi connectivity index (χ1n) is 10.2. The molecule has 0 unspecified atom stereocenters. The van der Waals surface area contributed by atoms with E-state index < -0.39 is 0 Å². The summed E-state index contributed by atoms with van der Waals surface area (Å²) in [5.74, 6) is 0.846. The molecule has 1 aliphatic carbocycles. The maximum Gasteiger partial charge on any atom is 0.124 e. The number of carbonyl (C=O) groups excluding carboxylic acids is 1. The zero-order chi connectivity index (χ0) is 18.6. The van der Waals surface area contributed by atoms with Crippen LogP contribution in [0.2, 0.25) is 0 Å². The van der Waals surface area contributed by atoms with Crippen LogP contribution in [-0.4, -0.2) is 41.8 Å². The molecule has 2 heterocycles. The number of aromatic nitrogens is 1. The molecule has 2 aliphatic rings. The van der Waals surface area contributed by atoms with E-state index in [4.69, 9.17) is 0 Å². The summed E-state index contributed by atoms with van der Waals surface area (Å²) in [5, 5.41) is 4.89. The standard InChI is InChI=1S/C22H28BrN3O/c23-18-5-8-21-20(13-18)22(17(9-12-27)14-24-21)25-19-6-3-16(4-7-19)15-26-10-1-2-11-26/h5,8,12-14,16,19H,1-4,6-7,9-11,15H2,(H,24,25). The number of hydrogen-bond acceptors (Lipinski definition) is 4. The van der Waals surface area contributed by atoms with Gasteiger partial charge in [0.05, 0.1) is 5.52 Å². The number of halogens is 1. The van der Waals surface area contributed by atoms with Crippen LogP contribution in [0.5, 0.6) is 0 Å². The van der Waals surface area contributed by atoms with Crippen molar-refractivity contribution in [2.45, 2.75) is 51.0 Å². The van der Waals surface area contributed by atoms with E-state index in [0.717, 1.165) is 38.8 Å². The second-order valence-electron chi connectivity index (χ2n) is 8.06. The maximum atomic E-state index is 11.2. The van der Waals surface area contributed by atoms with Crippen molar-refractivity contribution in [1.82, 2.24) is 9.88 Å². The predicted molar refractivity (Wildman–Crippen MR) is 114 cm³/mol. The molecule has 1 aromatic heterocycles. The van der Waals surface area contributed by atoms with Gasteiger partial charge in [-0.2, -0.15) is 0 Å². The summed E-state index contributed by atoms with van der Waals surface area (Å²) >= 11 is 3.58. The van der Waals surface area contributed by atoms with Crippen molar-refractivity contribution in [1.29, 1.82) is 0 Å². The van der Waals surface area contributed by atoms with E-state index in [1.54, 1.807) is 0 Å². The van der Waals surface area contributed by atoms with Crippen molar-refractivity contribution >= 4 is 38.8 Å². The molecular formula is C22H28BrN3O. The Morgan fingerprint density at radius 3 is 2.70 bits per heavy atom. The lowest BCUT2D eigenvalue weighted by atomic mass is 9.85. The summed E-state index contributed by atoms with van der Waals surface area (Å²) in [5.41, 5.74) is 3.06. The van der Waals surface area contributed by atoms with Gasteiger partial charge in [-0.1, -0.05) is 15.9 Å². The van der Waals surface area contributed by atoms with Gasteiger partial charge < -0.3 is 15.0 Å². The fourth-order valence-electron chi connectivity index (χ4n) is 4.64. The largest absolute Gasteiger partial charge is 0.381 e. The van der Waals surface area contributed by atoms with Crippen molar-refractivity contribution in [3.05, 3.63) is 34.4 Å². The Balaban J connectivity index is 1.47. The van der Waals surface area contributed by atoms with E-state index >= 15 is 0 Å². The highest BCUT2D eigenvalue weighted by Crippen LogP contribution is 2.33. The number of hydrogen-bond donors (Lipinski definition) is 1. The molecule has 144 valence electrons. The second-order valence-corrected chi connectivity index (χ2v) is 8.98. The Morgan fingerprint density at radius 2 is 1.96 bits per heavy atom. The van der Waals surface area contributed by atoms with E-state index in [-0.39, 0.29) is 0 Å². The molecule has 1 saturated carbocycles. The van der Waals surface area contributed by atoms with E-state index in [2.05, 4.69) is 37.2 Å². The zero-order valence-electron chi connectivity index (χ0n) is 15.8. The summed E-state index contributed by atoms with van der Waals surface area (Å²) in [4.78, 5) is 18.3. The van der Waals surface area contributed by atoms with E-state index in [9.17, 15) is 4.79 Å². The molecule has 4 rings (SSSR count). The maximum absolute atomic E-state index is 11.2. The summed E-state index contributed by atoms with van der Waals surface area (Å²) in [6.45, 7) is 3.88. The van der Waals surface area contributed by atoms with Gasteiger partial charge >= 0.3 is 0 Å². The fourth-order valence-corrected chi connectivity index (χ4v) is 5.01. The summed E-state index contributed by atoms with van der Waals surface area (Å²) in [7, 11) is 0. The molecule has 27 heavy (non-hydrogen) atoms. The Morgan fingerprint density at radius 1 is 1.19 bits per heavy atom. The lowest BCUT2D eigenvalue weighted by Crippen LogP contribution is -2.33. The minimum atomic E-state index is 0.405. The Hall–Kier alpha value is -1.46. The van der Waals surface area contributed by atoms with Crippen LogP contribution >= 0.6 is 15.9 Å². The zero-order valence-corrected chi connectivity index (χ0v) is 17.4. The van der Waals surface area contributed by atoms with Crippen molar-refractivity contribution in [3.63, 3.8) is 0 Å². The smallest absolute Gasteiger partial charge is 0.124 e. The fraction of sp³-hybridized carbons (Fsp3) is 0.545. The number of aldehydes is 1. The van der Waals surface area contributed by atoms with Crippen LogP contribution in [-0.2, 0) is 11.2 Å². The van der Waals surface area contributed by atoms with Gasteiger partial charge in [-0.25, -0.2) is 0 Å². The average molecular weight is 430 g/mol. The Labute approximate surface area is 169 Å². The van der Waals surface area contributed by atoms with Crippen molar-refractivity contribution < 1.29 is 4.79 Å². The number of nitrogens with one attached hydrogen (secondary N) is 1. The number of carbonyl (C=O) groups is 1. The molecule has 1 aliphatic heterocycles. The first kappa shape index (κ1) is 18.9. The molecule has 2 fully saturated rings. The van der Waals surface area contributed by atoms with E-state index in [1.807, 2.05) is 18.3 Å². The molecule has 5 heteroatoms. The molecule has 0 radical (unpaired) electrons. The molecule has 0 spiro atoms. The van der Waals surface area contributed by atoms with Gasteiger partial charge in [0, 0.05) is 46.3 Å². The third-order valence-corrected chi connectivity index (χ3v) is 6.62. The van der Waals surface area contributed by atoms with Crippen LogP contribution in [0, 0.1) is 5.92 Å². The first-order chi connectivity index (χ1) is 13.2. The van der Waals surface area contributed by atoms with Crippen molar-refractivity contribution in [3.8, 4) is 0 Å². The van der Waals surface area contributed by atoms with Crippen LogP contribution in [0.1, 0.15) is 44.1 Å². The van der Waals surface area contributed by atoms with Crippen LogP contribution in [0.25, 0.3) is 10.9 Å². The number of nitrogens with zero attached hydrogens (tertiary/aromatic N) is 2. The third kappa shape index (κ3) is 4.52. The van der Waals surface area contributed by atoms with Gasteiger partial charge in [0.2, 0.25) is 0 Å². The number of anilines is 1. The molecule has 1 aromatic carbocycles. The Kier molecular flexibility index (Phi) is 6.08. The average Bonchev–Trinajstić information content (AvgIpc) is 3.18. The SMILES string of the molecule is O=CCc1cnc2ccc(Br)cc2c1NC1CCC(CN2CCCC2)CC1. The highest BCUT2D eigenvalue weighted by Gasteiger charge is 2.25. The predicted octanol–water partition coefficient (Wildman–Crippen LogP) is 4.81. The minimum Gasteiger partial charge on any atom is -0.381 e. The third-order valence-electron chi connectivity index (χ3n) is 6.12. The quantitative estimate of drug-likeness (QED) is 0.669. The summed E-state index contributed by atoms with van der Waals surface area (Å²) in [6, 6.07) is 6.64. The van der Waals surface area contributed by atoms with E-state index in [0.29, 0.717) is 12.5 Å². The number of fused-ring (bicyclic) bond motifs is 1. The minimum absolute atomic E-state index is 0.405. The van der Waals surface area contributed by atoms with Crippen molar-refractivity contribution in [2.24, 2.45) is 5.92 Å². The lowest BCUT2D eigenvalue weighted by Gasteiger charge is -2.32. The molecule has 1 N–H and O–H groups in total. The molecular weight excluding hydrogens is 402 g/mol. The molecule has 1 saturated heterocycles. The lowest BCUT2D eigenvalue weighted by molar-refractivity contribution is -0.107. The van der Waals surface area contributed by atoms with Gasteiger partial charge in [0.1, 0.15) is 6.29 Å². The molecule has 0 bridgehead atoms. The molecule has 2 aromatic rings. The highest BCUT2D eigenvalue weighted by molar-refractivity contribution is 9.10. The van der Waals surface area contributed by atoms with Gasteiger partial charge in [0.25, 0.3) is 0 Å². The normalized spacial score (nSPS) is 23.6. The molecule has 0 amide bonds. The highest BCUT2D eigenvalue weighted by atomic mass is 79.9. The van der Waals surface area contributed by atoms with Gasteiger partial charge in [0.15, 0.2) is 0 Å². The second kappa shape index (κ2) is 8.70. The van der Waals surface area contributed by atoms with Gasteiger partial charge in [-0.05, 0) is 75.7 Å². The van der Waals surface area contributed by atoms with Gasteiger partial charge in [-0.3, -0.25) is 4.98 Å². The van der Waals surface area contributed by atoms with Crippen LogP contribution in [0.3, 0.4) is 0 Å². The monoisotopic (exact) mass is 429 g/mol. The van der Waals surface area contributed by atoms with Crippen LogP contribution in [0.4, 0.5) is 5.69 Å². The Bertz CT molecular complexity index is 795. The van der Waals surface area contributed by atoms with Crippen LogP contribution < -0.4 is 5.32 Å². The summed E-state index contributed by atoms with van der Waals surface area (Å²) < 4.78 is 1.04. The van der Waals surface area contributed by atoms with Crippen molar-refractivity contribution in [2.75, 3.05) is 25.0 Å². The number of benzene rings is 1. The van der Waals surface area contributed by atoms with E-state index in [1.165, 1.54) is 58.2 Å². The van der Waals surface area contributed by atoms with Crippen LogP contribution in [0.15, 0.2) is 28.9 Å². The first-order valence-corrected chi connectivity index (χ1v) is 11.0. The number of likely N-dealkylation sites (tertiary alicyclic amines) is 1. The molecule has 4 nitrogen and oxygen atoms in total. The number of pyridine rings is 1. The summed E-state index contributed by atoms with van der Waals surface area (Å²) in [6.07, 6.45) is 11.0.